The van der Waals surface area contributed by atoms with E-state index in [4.69, 9.17) is 9.15 Å². The van der Waals surface area contributed by atoms with Crippen molar-refractivity contribution in [3.63, 3.8) is 0 Å². The second kappa shape index (κ2) is 8.26. The van der Waals surface area contributed by atoms with Crippen molar-refractivity contribution in [2.45, 2.75) is 13.0 Å². The highest BCUT2D eigenvalue weighted by Crippen LogP contribution is 2.43. The summed E-state index contributed by atoms with van der Waals surface area (Å²) < 4.78 is 11.0. The number of aliphatic hydroxyl groups is 1. The maximum Gasteiger partial charge on any atom is 0.300 e. The van der Waals surface area contributed by atoms with Crippen molar-refractivity contribution in [1.82, 2.24) is 0 Å². The molecule has 1 aliphatic heterocycles. The van der Waals surface area contributed by atoms with Crippen molar-refractivity contribution < 1.29 is 23.8 Å². The fourth-order valence-electron chi connectivity index (χ4n) is 3.78. The normalized spacial score (nSPS) is 17.6. The number of ketones is 1. The maximum absolute atomic E-state index is 13.1. The van der Waals surface area contributed by atoms with Gasteiger partial charge in [-0.15, -0.1) is 0 Å². The Kier molecular flexibility index (Phi) is 5.48. The second-order valence-electron chi connectivity index (χ2n) is 7.76. The van der Waals surface area contributed by atoms with Crippen LogP contribution in [0.1, 0.15) is 23.1 Å². The molecule has 7 heteroatoms. The lowest BCUT2D eigenvalue weighted by atomic mass is 9.99. The SMILES string of the molecule is COc1ccc(/C(O)=C2/C(=O)C(=O)N(c3ccc(N(C)C)cc3)C2c2ccc(C)o2)cc1. The zero-order chi connectivity index (χ0) is 23.0. The number of amides is 1. The smallest absolute Gasteiger partial charge is 0.300 e. The number of hydrogen-bond donors (Lipinski definition) is 1. The summed E-state index contributed by atoms with van der Waals surface area (Å²) in [4.78, 5) is 29.5. The molecule has 164 valence electrons. The molecule has 1 amide bonds. The first kappa shape index (κ1) is 21.2. The first-order valence-electron chi connectivity index (χ1n) is 10.1. The Bertz CT molecular complexity index is 1190. The molecule has 0 radical (unpaired) electrons. The third kappa shape index (κ3) is 3.62. The molecule has 1 fully saturated rings. The average Bonchev–Trinajstić information content (AvgIpc) is 3.34. The Labute approximate surface area is 186 Å². The number of aliphatic hydroxyl groups excluding tert-OH is 1. The molecule has 3 aromatic rings. The number of nitrogens with zero attached hydrogens (tertiary/aromatic N) is 2. The minimum Gasteiger partial charge on any atom is -0.507 e. The van der Waals surface area contributed by atoms with E-state index in [9.17, 15) is 14.7 Å². The lowest BCUT2D eigenvalue weighted by molar-refractivity contribution is -0.132. The summed E-state index contributed by atoms with van der Waals surface area (Å²) in [5.41, 5.74) is 1.87. The predicted octanol–water partition coefficient (Wildman–Crippen LogP) is 4.29. The molecule has 4 rings (SSSR count). The fraction of sp³-hybridized carbons (Fsp3) is 0.200. The fourth-order valence-corrected chi connectivity index (χ4v) is 3.78. The van der Waals surface area contributed by atoms with Crippen molar-refractivity contribution >= 4 is 28.8 Å². The molecule has 7 nitrogen and oxygen atoms in total. The number of carbonyl (C=O) groups is 2. The number of anilines is 2. The van der Waals surface area contributed by atoms with Gasteiger partial charge in [-0.25, -0.2) is 0 Å². The van der Waals surface area contributed by atoms with E-state index in [1.165, 1.54) is 4.90 Å². The number of carbonyl (C=O) groups excluding carboxylic acids is 2. The van der Waals surface area contributed by atoms with Gasteiger partial charge in [0.05, 0.1) is 12.7 Å². The molecule has 0 spiro atoms. The van der Waals surface area contributed by atoms with E-state index in [2.05, 4.69) is 0 Å². The van der Waals surface area contributed by atoms with Gasteiger partial charge in [-0.1, -0.05) is 0 Å². The molecular weight excluding hydrogens is 408 g/mol. The molecular formula is C25H24N2O5. The first-order valence-corrected chi connectivity index (χ1v) is 10.1. The Morgan fingerprint density at radius 3 is 2.19 bits per heavy atom. The van der Waals surface area contributed by atoms with Gasteiger partial charge in [0.2, 0.25) is 0 Å². The van der Waals surface area contributed by atoms with E-state index in [1.807, 2.05) is 31.1 Å². The number of furan rings is 1. The standard InChI is InChI=1S/C25H24N2O5/c1-15-5-14-20(32-15)22-21(23(28)16-6-12-19(31-4)13-7-16)24(29)25(30)27(22)18-10-8-17(9-11-18)26(2)3/h5-14,22,28H,1-4H3/b23-21-. The zero-order valence-electron chi connectivity index (χ0n) is 18.3. The van der Waals surface area contributed by atoms with Gasteiger partial charge in [0.15, 0.2) is 0 Å². The van der Waals surface area contributed by atoms with Gasteiger partial charge < -0.3 is 19.2 Å². The van der Waals surface area contributed by atoms with Crippen LogP contribution in [0.3, 0.4) is 0 Å². The van der Waals surface area contributed by atoms with Crippen LogP contribution in [0.5, 0.6) is 5.75 Å². The maximum atomic E-state index is 13.1. The molecule has 0 aliphatic carbocycles. The first-order chi connectivity index (χ1) is 15.3. The highest BCUT2D eigenvalue weighted by molar-refractivity contribution is 6.51. The minimum absolute atomic E-state index is 0.0220. The summed E-state index contributed by atoms with van der Waals surface area (Å²) in [5, 5.41) is 11.1. The lowest BCUT2D eigenvalue weighted by Crippen LogP contribution is -2.29. The van der Waals surface area contributed by atoms with E-state index in [1.54, 1.807) is 62.6 Å². The summed E-state index contributed by atoms with van der Waals surface area (Å²) >= 11 is 0. The number of ether oxygens (including phenoxy) is 1. The Morgan fingerprint density at radius 1 is 1.00 bits per heavy atom. The number of hydrogen-bond acceptors (Lipinski definition) is 6. The Morgan fingerprint density at radius 2 is 1.66 bits per heavy atom. The minimum atomic E-state index is -0.893. The number of rotatable bonds is 5. The van der Waals surface area contributed by atoms with Crippen LogP contribution in [0, 0.1) is 6.92 Å². The van der Waals surface area contributed by atoms with Crippen molar-refractivity contribution in [2.75, 3.05) is 31.0 Å². The summed E-state index contributed by atoms with van der Waals surface area (Å²) in [6.45, 7) is 1.78. The van der Waals surface area contributed by atoms with Crippen LogP contribution < -0.4 is 14.5 Å². The van der Waals surface area contributed by atoms with Gasteiger partial charge in [0.25, 0.3) is 11.7 Å². The second-order valence-corrected chi connectivity index (χ2v) is 7.76. The van der Waals surface area contributed by atoms with Gasteiger partial charge in [0.1, 0.15) is 29.1 Å². The Balaban J connectivity index is 1.87. The van der Waals surface area contributed by atoms with Crippen LogP contribution in [-0.2, 0) is 9.59 Å². The molecule has 0 saturated carbocycles. The van der Waals surface area contributed by atoms with Crippen molar-refractivity contribution in [3.8, 4) is 5.75 Å². The quantitative estimate of drug-likeness (QED) is 0.368. The van der Waals surface area contributed by atoms with E-state index in [0.717, 1.165) is 5.69 Å². The third-order valence-electron chi connectivity index (χ3n) is 5.48. The Hall–Kier alpha value is -4.00. The largest absolute Gasteiger partial charge is 0.507 e. The molecule has 2 heterocycles. The van der Waals surface area contributed by atoms with Gasteiger partial charge >= 0.3 is 0 Å². The summed E-state index contributed by atoms with van der Waals surface area (Å²) in [7, 11) is 5.38. The van der Waals surface area contributed by atoms with E-state index >= 15 is 0 Å². The van der Waals surface area contributed by atoms with Gasteiger partial charge in [0, 0.05) is 31.0 Å². The van der Waals surface area contributed by atoms with E-state index in [-0.39, 0.29) is 11.3 Å². The van der Waals surface area contributed by atoms with E-state index in [0.29, 0.717) is 28.5 Å². The highest BCUT2D eigenvalue weighted by Gasteiger charge is 2.48. The molecule has 1 aliphatic rings. The van der Waals surface area contributed by atoms with Crippen molar-refractivity contribution in [1.29, 1.82) is 0 Å². The van der Waals surface area contributed by atoms with Crippen LogP contribution in [-0.4, -0.2) is 38.0 Å². The predicted molar refractivity (Wildman–Crippen MR) is 122 cm³/mol. The summed E-state index contributed by atoms with van der Waals surface area (Å²) in [6, 6.07) is 16.5. The van der Waals surface area contributed by atoms with Crippen LogP contribution in [0.4, 0.5) is 11.4 Å². The summed E-state index contributed by atoms with van der Waals surface area (Å²) in [5.74, 6) is -0.115. The van der Waals surface area contributed by atoms with Gasteiger partial charge in [-0.05, 0) is 67.6 Å². The van der Waals surface area contributed by atoms with Crippen molar-refractivity contribution in [2.24, 2.45) is 0 Å². The van der Waals surface area contributed by atoms with Gasteiger partial charge in [-0.3, -0.25) is 14.5 Å². The highest BCUT2D eigenvalue weighted by atomic mass is 16.5. The molecule has 1 N–H and O–H groups in total. The lowest BCUT2D eigenvalue weighted by Gasteiger charge is -2.24. The molecule has 1 atom stereocenters. The molecule has 1 unspecified atom stereocenters. The number of benzene rings is 2. The van der Waals surface area contributed by atoms with Gasteiger partial charge in [-0.2, -0.15) is 0 Å². The zero-order valence-corrected chi connectivity index (χ0v) is 18.3. The van der Waals surface area contributed by atoms with Crippen LogP contribution in [0.15, 0.2) is 70.7 Å². The molecule has 2 aromatic carbocycles. The average molecular weight is 432 g/mol. The van der Waals surface area contributed by atoms with Crippen LogP contribution in [0.2, 0.25) is 0 Å². The number of methoxy groups -OCH3 is 1. The van der Waals surface area contributed by atoms with Crippen molar-refractivity contribution in [3.05, 3.63) is 83.3 Å². The van der Waals surface area contributed by atoms with E-state index < -0.39 is 17.7 Å². The van der Waals surface area contributed by atoms with Crippen LogP contribution in [0.25, 0.3) is 5.76 Å². The topological polar surface area (TPSA) is 83.2 Å². The molecule has 1 saturated heterocycles. The molecule has 0 bridgehead atoms. The third-order valence-corrected chi connectivity index (χ3v) is 5.48. The molecule has 32 heavy (non-hydrogen) atoms. The summed E-state index contributed by atoms with van der Waals surface area (Å²) in [6.07, 6.45) is 0. The number of Topliss-reactive ketones (excluding diaryl/α,β-unsaturated/α-hetero) is 1. The number of aryl methyl sites for hydroxylation is 1. The van der Waals surface area contributed by atoms with Crippen LogP contribution >= 0.6 is 0 Å². The molecule has 1 aromatic heterocycles. The monoisotopic (exact) mass is 432 g/mol.